The Morgan fingerprint density at radius 1 is 1.15 bits per heavy atom. The lowest BCUT2D eigenvalue weighted by molar-refractivity contribution is -0.115. The molecule has 1 heterocycles. The van der Waals surface area contributed by atoms with Gasteiger partial charge in [0.15, 0.2) is 0 Å². The quantitative estimate of drug-likeness (QED) is 0.648. The Hall–Kier alpha value is -2.28. The number of hydrogen-bond acceptors (Lipinski definition) is 4. The molecule has 26 heavy (non-hydrogen) atoms. The predicted molar refractivity (Wildman–Crippen MR) is 106 cm³/mol. The number of hydrogen-bond donors (Lipinski definition) is 2. The van der Waals surface area contributed by atoms with Crippen LogP contribution in [0.3, 0.4) is 0 Å². The second kappa shape index (κ2) is 7.95. The summed E-state index contributed by atoms with van der Waals surface area (Å²) in [5.41, 5.74) is 0.509. The van der Waals surface area contributed by atoms with Gasteiger partial charge in [0.05, 0.1) is 23.7 Å². The first-order valence-electron chi connectivity index (χ1n) is 7.58. The van der Waals surface area contributed by atoms with Crippen LogP contribution in [-0.2, 0) is 4.79 Å². The molecule has 2 N–H and O–H groups in total. The Labute approximate surface area is 163 Å². The molecule has 0 fully saturated rings. The van der Waals surface area contributed by atoms with Crippen molar-refractivity contribution < 1.29 is 14.3 Å². The molecule has 0 unspecified atom stereocenters. The third-order valence-electron chi connectivity index (χ3n) is 3.59. The van der Waals surface area contributed by atoms with Gasteiger partial charge in [0.1, 0.15) is 10.6 Å². The van der Waals surface area contributed by atoms with Crippen LogP contribution in [0, 0.1) is 0 Å². The maximum atomic E-state index is 12.3. The fraction of sp³-hybridized carbons (Fsp3) is 0.111. The van der Waals surface area contributed by atoms with Gasteiger partial charge in [0.25, 0.3) is 5.91 Å². The molecule has 0 saturated carbocycles. The van der Waals surface area contributed by atoms with Crippen LogP contribution in [0.2, 0.25) is 10.0 Å². The first kappa shape index (κ1) is 18.5. The summed E-state index contributed by atoms with van der Waals surface area (Å²) in [5, 5.41) is 6.83. The smallest absolute Gasteiger partial charge is 0.263 e. The number of thiophene rings is 1. The van der Waals surface area contributed by atoms with Gasteiger partial charge in [0, 0.05) is 15.8 Å². The van der Waals surface area contributed by atoms with E-state index in [4.69, 9.17) is 27.9 Å². The average Bonchev–Trinajstić information content (AvgIpc) is 2.97. The van der Waals surface area contributed by atoms with Gasteiger partial charge in [-0.25, -0.2) is 0 Å². The molecule has 3 rings (SSSR count). The van der Waals surface area contributed by atoms with E-state index in [9.17, 15) is 9.59 Å². The van der Waals surface area contributed by atoms with E-state index >= 15 is 0 Å². The van der Waals surface area contributed by atoms with Crippen LogP contribution in [0.1, 0.15) is 9.67 Å². The Morgan fingerprint density at radius 2 is 1.92 bits per heavy atom. The zero-order valence-corrected chi connectivity index (χ0v) is 16.0. The Kier molecular flexibility index (Phi) is 5.66. The van der Waals surface area contributed by atoms with Crippen LogP contribution in [-0.4, -0.2) is 25.5 Å². The van der Waals surface area contributed by atoms with E-state index in [-0.39, 0.29) is 18.4 Å². The number of carbonyl (C=O) groups is 2. The number of ether oxygens (including phenoxy) is 1. The van der Waals surface area contributed by atoms with Crippen LogP contribution in [0.25, 0.3) is 10.1 Å². The lowest BCUT2D eigenvalue weighted by atomic mass is 10.2. The van der Waals surface area contributed by atoms with E-state index in [1.54, 1.807) is 18.2 Å². The van der Waals surface area contributed by atoms with Gasteiger partial charge >= 0.3 is 0 Å². The minimum atomic E-state index is -0.390. The predicted octanol–water partition coefficient (Wildman–Crippen LogP) is 4.59. The molecule has 0 aliphatic rings. The molecular weight excluding hydrogens is 395 g/mol. The van der Waals surface area contributed by atoms with Gasteiger partial charge < -0.3 is 15.4 Å². The van der Waals surface area contributed by atoms with Gasteiger partial charge in [-0.1, -0.05) is 41.4 Å². The Bertz CT molecular complexity index is 988. The minimum absolute atomic E-state index is 0.187. The van der Waals surface area contributed by atoms with Crippen molar-refractivity contribution in [1.82, 2.24) is 5.32 Å². The normalized spacial score (nSPS) is 10.6. The molecule has 0 spiro atoms. The molecule has 0 radical (unpaired) electrons. The summed E-state index contributed by atoms with van der Waals surface area (Å²) in [6.07, 6.45) is 0. The van der Waals surface area contributed by atoms with Gasteiger partial charge in [-0.2, -0.15) is 0 Å². The maximum Gasteiger partial charge on any atom is 0.263 e. The number of benzene rings is 2. The molecule has 0 atom stereocenters. The SMILES string of the molecule is COc1ccc(NC(=O)CNC(=O)c2sc3ccccc3c2Cl)cc1Cl. The van der Waals surface area contributed by atoms with E-state index in [2.05, 4.69) is 10.6 Å². The Balaban J connectivity index is 1.62. The van der Waals surface area contributed by atoms with Gasteiger partial charge in [-0.05, 0) is 24.3 Å². The average molecular weight is 409 g/mol. The molecule has 0 bridgehead atoms. The van der Waals surface area contributed by atoms with Crippen LogP contribution < -0.4 is 15.4 Å². The number of nitrogens with one attached hydrogen (secondary N) is 2. The number of methoxy groups -OCH3 is 1. The summed E-state index contributed by atoms with van der Waals surface area (Å²) in [4.78, 5) is 24.8. The van der Waals surface area contributed by atoms with Crippen molar-refractivity contribution in [2.45, 2.75) is 0 Å². The highest BCUT2D eigenvalue weighted by Crippen LogP contribution is 2.35. The summed E-state index contributed by atoms with van der Waals surface area (Å²) in [6.45, 7) is -0.187. The first-order valence-corrected chi connectivity index (χ1v) is 9.15. The topological polar surface area (TPSA) is 67.4 Å². The molecule has 0 saturated heterocycles. The molecule has 2 amide bonds. The minimum Gasteiger partial charge on any atom is -0.495 e. The van der Waals surface area contributed by atoms with E-state index in [0.717, 1.165) is 10.1 Å². The third-order valence-corrected chi connectivity index (χ3v) is 5.56. The largest absolute Gasteiger partial charge is 0.495 e. The van der Waals surface area contributed by atoms with Crippen molar-refractivity contribution in [1.29, 1.82) is 0 Å². The second-order valence-electron chi connectivity index (χ2n) is 5.32. The molecule has 0 aliphatic heterocycles. The highest BCUT2D eigenvalue weighted by molar-refractivity contribution is 7.21. The summed E-state index contributed by atoms with van der Waals surface area (Å²) < 4.78 is 5.97. The number of carbonyl (C=O) groups excluding carboxylic acids is 2. The van der Waals surface area contributed by atoms with Gasteiger partial charge in [-0.15, -0.1) is 11.3 Å². The molecule has 3 aromatic rings. The fourth-order valence-electron chi connectivity index (χ4n) is 2.35. The van der Waals surface area contributed by atoms with Crippen molar-refractivity contribution >= 4 is 62.1 Å². The summed E-state index contributed by atoms with van der Waals surface area (Å²) in [5.74, 6) is -0.256. The van der Waals surface area contributed by atoms with Crippen molar-refractivity contribution in [2.24, 2.45) is 0 Å². The second-order valence-corrected chi connectivity index (χ2v) is 7.16. The lowest BCUT2D eigenvalue weighted by Gasteiger charge is -2.08. The number of halogens is 2. The van der Waals surface area contributed by atoms with Gasteiger partial charge in [-0.3, -0.25) is 9.59 Å². The molecule has 2 aromatic carbocycles. The molecule has 8 heteroatoms. The Morgan fingerprint density at radius 3 is 2.62 bits per heavy atom. The fourth-order valence-corrected chi connectivity index (χ4v) is 4.04. The lowest BCUT2D eigenvalue weighted by Crippen LogP contribution is -2.32. The van der Waals surface area contributed by atoms with E-state index in [1.165, 1.54) is 18.4 Å². The highest BCUT2D eigenvalue weighted by atomic mass is 35.5. The van der Waals surface area contributed by atoms with Crippen molar-refractivity contribution in [3.05, 3.63) is 57.4 Å². The summed E-state index contributed by atoms with van der Waals surface area (Å²) >= 11 is 13.6. The van der Waals surface area contributed by atoms with Crippen molar-refractivity contribution in [3.8, 4) is 5.75 Å². The number of amides is 2. The first-order chi connectivity index (χ1) is 12.5. The van der Waals surface area contributed by atoms with Crippen LogP contribution in [0.5, 0.6) is 5.75 Å². The van der Waals surface area contributed by atoms with Crippen molar-refractivity contribution in [3.63, 3.8) is 0 Å². The summed E-state index contributed by atoms with van der Waals surface area (Å²) in [7, 11) is 1.51. The standard InChI is InChI=1S/C18H14Cl2N2O3S/c1-25-13-7-6-10(8-12(13)19)22-15(23)9-21-18(24)17-16(20)11-4-2-3-5-14(11)26-17/h2-8H,9H2,1H3,(H,21,24)(H,22,23). The van der Waals surface area contributed by atoms with Crippen LogP contribution >= 0.6 is 34.5 Å². The van der Waals surface area contributed by atoms with E-state index < -0.39 is 0 Å². The molecule has 0 aliphatic carbocycles. The zero-order chi connectivity index (χ0) is 18.7. The monoisotopic (exact) mass is 408 g/mol. The molecule has 134 valence electrons. The highest BCUT2D eigenvalue weighted by Gasteiger charge is 2.17. The molecule has 1 aromatic heterocycles. The van der Waals surface area contributed by atoms with Gasteiger partial charge in [0.2, 0.25) is 5.91 Å². The molecular formula is C18H14Cl2N2O3S. The summed E-state index contributed by atoms with van der Waals surface area (Å²) in [6, 6.07) is 12.4. The van der Waals surface area contributed by atoms with E-state index in [0.29, 0.717) is 26.4 Å². The zero-order valence-electron chi connectivity index (χ0n) is 13.6. The molecule has 5 nitrogen and oxygen atoms in total. The van der Waals surface area contributed by atoms with Crippen LogP contribution in [0.4, 0.5) is 5.69 Å². The number of anilines is 1. The van der Waals surface area contributed by atoms with Crippen LogP contribution in [0.15, 0.2) is 42.5 Å². The number of fused-ring (bicyclic) bond motifs is 1. The maximum absolute atomic E-state index is 12.3. The third kappa shape index (κ3) is 3.93. The number of rotatable bonds is 5. The van der Waals surface area contributed by atoms with Crippen molar-refractivity contribution in [2.75, 3.05) is 19.0 Å². The van der Waals surface area contributed by atoms with E-state index in [1.807, 2.05) is 24.3 Å².